The number of carbonyl (C=O) groups excluding carboxylic acids is 1. The van der Waals surface area contributed by atoms with Crippen molar-refractivity contribution in [2.75, 3.05) is 20.2 Å². The Labute approximate surface area is 113 Å². The molecule has 6 heteroatoms. The first-order valence-corrected chi connectivity index (χ1v) is 7.61. The van der Waals surface area contributed by atoms with Crippen LogP contribution in [0.5, 0.6) is 5.75 Å². The van der Waals surface area contributed by atoms with Crippen molar-refractivity contribution in [3.63, 3.8) is 0 Å². The molecular weight excluding hydrogens is 266 g/mol. The maximum atomic E-state index is 12.5. The average Bonchev–Trinajstić information content (AvgIpc) is 2.47. The molecule has 1 aromatic rings. The Morgan fingerprint density at radius 2 is 2.21 bits per heavy atom. The highest BCUT2D eigenvalue weighted by atomic mass is 32.2. The number of hydrogen-bond donors (Lipinski definition) is 0. The Morgan fingerprint density at radius 1 is 1.42 bits per heavy atom. The monoisotopic (exact) mass is 283 g/mol. The molecule has 0 N–H and O–H groups in total. The van der Waals surface area contributed by atoms with Crippen LogP contribution in [0.4, 0.5) is 0 Å². The van der Waals surface area contributed by atoms with Gasteiger partial charge in [0.1, 0.15) is 12.0 Å². The number of carbonyl (C=O) groups is 1. The summed E-state index contributed by atoms with van der Waals surface area (Å²) in [5.41, 5.74) is 0. The van der Waals surface area contributed by atoms with E-state index in [0.29, 0.717) is 18.7 Å². The molecule has 1 fully saturated rings. The second-order valence-corrected chi connectivity index (χ2v) is 6.52. The summed E-state index contributed by atoms with van der Waals surface area (Å²) in [6.45, 7) is 0.729. The molecule has 0 amide bonds. The summed E-state index contributed by atoms with van der Waals surface area (Å²) in [6, 6.07) is 6.39. The Hall–Kier alpha value is -1.40. The van der Waals surface area contributed by atoms with Gasteiger partial charge < -0.3 is 9.53 Å². The van der Waals surface area contributed by atoms with E-state index in [9.17, 15) is 13.2 Å². The molecule has 0 radical (unpaired) electrons. The predicted molar refractivity (Wildman–Crippen MR) is 70.5 cm³/mol. The van der Waals surface area contributed by atoms with E-state index in [4.69, 9.17) is 4.74 Å². The molecule has 1 aliphatic heterocycles. The van der Waals surface area contributed by atoms with Crippen molar-refractivity contribution < 1.29 is 17.9 Å². The normalized spacial score (nSPS) is 21.0. The highest BCUT2D eigenvalue weighted by molar-refractivity contribution is 7.89. The number of sulfonamides is 1. The molecule has 5 nitrogen and oxygen atoms in total. The lowest BCUT2D eigenvalue weighted by molar-refractivity contribution is -0.112. The summed E-state index contributed by atoms with van der Waals surface area (Å²) in [5.74, 6) is 0.305. The molecule has 1 aliphatic rings. The quantitative estimate of drug-likeness (QED) is 0.781. The number of piperidine rings is 1. The van der Waals surface area contributed by atoms with Gasteiger partial charge in [0.25, 0.3) is 0 Å². The van der Waals surface area contributed by atoms with Crippen LogP contribution in [0.25, 0.3) is 0 Å². The minimum Gasteiger partial charge on any atom is -0.497 e. The van der Waals surface area contributed by atoms with Gasteiger partial charge in [0.05, 0.1) is 12.0 Å². The summed E-state index contributed by atoms with van der Waals surface area (Å²) in [5, 5.41) is 0. The minimum atomic E-state index is -3.54. The van der Waals surface area contributed by atoms with Crippen molar-refractivity contribution in [2.45, 2.75) is 17.7 Å². The van der Waals surface area contributed by atoms with Crippen LogP contribution in [0.15, 0.2) is 29.2 Å². The molecule has 0 bridgehead atoms. The maximum absolute atomic E-state index is 12.5. The zero-order valence-corrected chi connectivity index (χ0v) is 11.6. The fraction of sp³-hybridized carbons (Fsp3) is 0.462. The molecule has 0 aliphatic carbocycles. The predicted octanol–water partition coefficient (Wildman–Crippen LogP) is 1.29. The zero-order chi connectivity index (χ0) is 13.9. The molecule has 1 aromatic carbocycles. The molecule has 1 saturated heterocycles. The molecule has 0 spiro atoms. The van der Waals surface area contributed by atoms with Crippen LogP contribution in [-0.2, 0) is 14.8 Å². The third-order valence-corrected chi connectivity index (χ3v) is 5.15. The number of nitrogens with zero attached hydrogens (tertiary/aromatic N) is 1. The number of rotatable bonds is 4. The zero-order valence-electron chi connectivity index (χ0n) is 10.8. The van der Waals surface area contributed by atoms with E-state index in [1.165, 1.54) is 17.5 Å². The first-order valence-electron chi connectivity index (χ1n) is 6.17. The van der Waals surface area contributed by atoms with Crippen molar-refractivity contribution in [1.82, 2.24) is 4.31 Å². The fourth-order valence-corrected chi connectivity index (χ4v) is 3.79. The lowest BCUT2D eigenvalue weighted by atomic mass is 10.0. The van der Waals surface area contributed by atoms with Crippen LogP contribution in [0.1, 0.15) is 12.8 Å². The summed E-state index contributed by atoms with van der Waals surface area (Å²) in [7, 11) is -2.05. The van der Waals surface area contributed by atoms with Gasteiger partial charge in [0.15, 0.2) is 0 Å². The maximum Gasteiger partial charge on any atom is 0.243 e. The topological polar surface area (TPSA) is 63.7 Å². The van der Waals surface area contributed by atoms with Crippen molar-refractivity contribution in [3.05, 3.63) is 24.3 Å². The van der Waals surface area contributed by atoms with Crippen molar-refractivity contribution in [3.8, 4) is 5.75 Å². The van der Waals surface area contributed by atoms with E-state index in [1.54, 1.807) is 18.2 Å². The van der Waals surface area contributed by atoms with E-state index in [2.05, 4.69) is 0 Å². The van der Waals surface area contributed by atoms with E-state index in [-0.39, 0.29) is 17.4 Å². The van der Waals surface area contributed by atoms with Crippen LogP contribution >= 0.6 is 0 Å². The molecule has 19 heavy (non-hydrogen) atoms. The van der Waals surface area contributed by atoms with Gasteiger partial charge in [-0.15, -0.1) is 0 Å². The highest BCUT2D eigenvalue weighted by Gasteiger charge is 2.30. The van der Waals surface area contributed by atoms with Crippen LogP contribution in [-0.4, -0.2) is 39.2 Å². The molecule has 0 saturated carbocycles. The minimum absolute atomic E-state index is 0.200. The van der Waals surface area contributed by atoms with Gasteiger partial charge in [-0.1, -0.05) is 6.07 Å². The standard InChI is InChI=1S/C13H17NO4S/c1-18-12-5-2-6-13(8-12)19(16,17)14-7-3-4-11(9-14)10-15/h2,5-6,8,10-11H,3-4,7,9H2,1H3. The van der Waals surface area contributed by atoms with E-state index >= 15 is 0 Å². The number of ether oxygens (including phenoxy) is 1. The van der Waals surface area contributed by atoms with Crippen LogP contribution < -0.4 is 4.74 Å². The van der Waals surface area contributed by atoms with Gasteiger partial charge >= 0.3 is 0 Å². The second-order valence-electron chi connectivity index (χ2n) is 4.58. The number of benzene rings is 1. The second kappa shape index (κ2) is 5.71. The van der Waals surface area contributed by atoms with E-state index in [1.807, 2.05) is 0 Å². The molecule has 1 atom stereocenters. The molecule has 1 unspecified atom stereocenters. The van der Waals surface area contributed by atoms with E-state index < -0.39 is 10.0 Å². The Balaban J connectivity index is 2.28. The number of hydrogen-bond acceptors (Lipinski definition) is 4. The lowest BCUT2D eigenvalue weighted by Gasteiger charge is -2.29. The average molecular weight is 283 g/mol. The van der Waals surface area contributed by atoms with Crippen LogP contribution in [0.3, 0.4) is 0 Å². The van der Waals surface area contributed by atoms with Gasteiger partial charge in [-0.3, -0.25) is 0 Å². The molecule has 2 rings (SSSR count). The molecule has 104 valence electrons. The van der Waals surface area contributed by atoms with Gasteiger partial charge in [0, 0.05) is 25.1 Å². The Morgan fingerprint density at radius 3 is 2.89 bits per heavy atom. The largest absolute Gasteiger partial charge is 0.497 e. The smallest absolute Gasteiger partial charge is 0.243 e. The Kier molecular flexibility index (Phi) is 4.21. The molecule has 0 aromatic heterocycles. The summed E-state index contributed by atoms with van der Waals surface area (Å²) in [6.07, 6.45) is 2.31. The van der Waals surface area contributed by atoms with E-state index in [0.717, 1.165) is 12.7 Å². The van der Waals surface area contributed by atoms with Gasteiger partial charge in [0.2, 0.25) is 10.0 Å². The highest BCUT2D eigenvalue weighted by Crippen LogP contribution is 2.25. The molecular formula is C13H17NO4S. The van der Waals surface area contributed by atoms with Gasteiger partial charge in [-0.05, 0) is 25.0 Å². The van der Waals surface area contributed by atoms with Crippen molar-refractivity contribution >= 4 is 16.3 Å². The van der Waals surface area contributed by atoms with Crippen LogP contribution in [0, 0.1) is 5.92 Å². The Bertz CT molecular complexity index is 556. The summed E-state index contributed by atoms with van der Waals surface area (Å²) in [4.78, 5) is 11.0. The summed E-state index contributed by atoms with van der Waals surface area (Å²) < 4.78 is 31.4. The lowest BCUT2D eigenvalue weighted by Crippen LogP contribution is -2.40. The first-order chi connectivity index (χ1) is 9.07. The van der Waals surface area contributed by atoms with Gasteiger partial charge in [-0.25, -0.2) is 8.42 Å². The van der Waals surface area contributed by atoms with Crippen molar-refractivity contribution in [1.29, 1.82) is 0 Å². The van der Waals surface area contributed by atoms with Crippen LogP contribution in [0.2, 0.25) is 0 Å². The van der Waals surface area contributed by atoms with Crippen molar-refractivity contribution in [2.24, 2.45) is 5.92 Å². The number of methoxy groups -OCH3 is 1. The third kappa shape index (κ3) is 2.96. The summed E-state index contributed by atoms with van der Waals surface area (Å²) >= 11 is 0. The fourth-order valence-electron chi connectivity index (χ4n) is 2.21. The SMILES string of the molecule is COc1cccc(S(=O)(=O)N2CCCC(C=O)C2)c1. The molecule has 1 heterocycles. The first kappa shape index (κ1) is 14.0. The number of aldehydes is 1. The third-order valence-electron chi connectivity index (χ3n) is 3.29. The van der Waals surface area contributed by atoms with Gasteiger partial charge in [-0.2, -0.15) is 4.31 Å².